The van der Waals surface area contributed by atoms with Gasteiger partial charge < -0.3 is 19.9 Å². The van der Waals surface area contributed by atoms with Gasteiger partial charge in [0.1, 0.15) is 5.75 Å². The van der Waals surface area contributed by atoms with Crippen LogP contribution in [0, 0.1) is 0 Å². The Morgan fingerprint density at radius 3 is 2.03 bits per heavy atom. The summed E-state index contributed by atoms with van der Waals surface area (Å²) in [6, 6.07) is 11.4. The van der Waals surface area contributed by atoms with Crippen LogP contribution in [0.15, 0.2) is 48.0 Å². The van der Waals surface area contributed by atoms with Crippen molar-refractivity contribution in [3.05, 3.63) is 64.7 Å². The zero-order valence-electron chi connectivity index (χ0n) is 17.2. The van der Waals surface area contributed by atoms with E-state index >= 15 is 0 Å². The SMILES string of the molecule is COc1ccc(/C(=C\C(N)=O)c2ccc(OC)c(OC)c2)cc1C=C1CCCC1. The molecule has 0 aliphatic heterocycles. The topological polar surface area (TPSA) is 70.8 Å². The van der Waals surface area contributed by atoms with Gasteiger partial charge in [-0.25, -0.2) is 0 Å². The van der Waals surface area contributed by atoms with E-state index in [1.807, 2.05) is 36.4 Å². The summed E-state index contributed by atoms with van der Waals surface area (Å²) in [6.45, 7) is 0. The molecular weight excluding hydrogens is 366 g/mol. The second-order valence-electron chi connectivity index (χ2n) is 7.00. The van der Waals surface area contributed by atoms with E-state index in [0.29, 0.717) is 17.1 Å². The molecule has 152 valence electrons. The van der Waals surface area contributed by atoms with E-state index < -0.39 is 5.91 Å². The van der Waals surface area contributed by atoms with Crippen LogP contribution in [0.5, 0.6) is 17.2 Å². The van der Waals surface area contributed by atoms with E-state index in [-0.39, 0.29) is 0 Å². The zero-order valence-corrected chi connectivity index (χ0v) is 17.2. The molecule has 0 spiro atoms. The maximum absolute atomic E-state index is 11.8. The van der Waals surface area contributed by atoms with E-state index in [4.69, 9.17) is 19.9 Å². The maximum atomic E-state index is 11.8. The molecule has 0 radical (unpaired) electrons. The Balaban J connectivity index is 2.10. The van der Waals surface area contributed by atoms with E-state index in [0.717, 1.165) is 35.3 Å². The Hall–Kier alpha value is -3.21. The van der Waals surface area contributed by atoms with E-state index in [9.17, 15) is 4.79 Å². The van der Waals surface area contributed by atoms with Crippen LogP contribution in [0.1, 0.15) is 42.4 Å². The lowest BCUT2D eigenvalue weighted by Gasteiger charge is -2.14. The number of hydrogen-bond donors (Lipinski definition) is 1. The largest absolute Gasteiger partial charge is 0.496 e. The summed E-state index contributed by atoms with van der Waals surface area (Å²) in [7, 11) is 4.84. The van der Waals surface area contributed by atoms with Gasteiger partial charge in [0.05, 0.1) is 21.3 Å². The zero-order chi connectivity index (χ0) is 20.8. The van der Waals surface area contributed by atoms with Crippen LogP contribution in [0.25, 0.3) is 11.6 Å². The Morgan fingerprint density at radius 2 is 1.45 bits per heavy atom. The fourth-order valence-corrected chi connectivity index (χ4v) is 3.69. The molecule has 2 N–H and O–H groups in total. The van der Waals surface area contributed by atoms with Crippen molar-refractivity contribution in [1.82, 2.24) is 0 Å². The summed E-state index contributed by atoms with van der Waals surface area (Å²) >= 11 is 0. The summed E-state index contributed by atoms with van der Waals surface area (Å²) < 4.78 is 16.3. The Morgan fingerprint density at radius 1 is 0.862 bits per heavy atom. The normalized spacial score (nSPS) is 13.9. The van der Waals surface area contributed by atoms with Crippen LogP contribution in [-0.2, 0) is 4.79 Å². The standard InChI is InChI=1S/C24H27NO4/c1-27-21-10-8-17(13-19(21)12-16-6-4-5-7-16)20(15-24(25)26)18-9-11-22(28-2)23(14-18)29-3/h8-15H,4-7H2,1-3H3,(H2,25,26)/b20-15+. The van der Waals surface area contributed by atoms with E-state index in [1.165, 1.54) is 24.5 Å². The van der Waals surface area contributed by atoms with Crippen LogP contribution in [0.4, 0.5) is 0 Å². The molecule has 0 heterocycles. The molecule has 0 saturated heterocycles. The van der Waals surface area contributed by atoms with Crippen molar-refractivity contribution in [3.8, 4) is 17.2 Å². The molecule has 0 aromatic heterocycles. The number of rotatable bonds is 7. The number of hydrogen-bond acceptors (Lipinski definition) is 4. The molecule has 0 bridgehead atoms. The second-order valence-corrected chi connectivity index (χ2v) is 7.00. The predicted molar refractivity (Wildman–Crippen MR) is 115 cm³/mol. The molecule has 2 aromatic rings. The number of carbonyl (C=O) groups is 1. The van der Waals surface area contributed by atoms with Crippen molar-refractivity contribution < 1.29 is 19.0 Å². The molecule has 3 rings (SSSR count). The lowest BCUT2D eigenvalue weighted by Crippen LogP contribution is -2.08. The molecule has 1 aliphatic carbocycles. The molecule has 5 heteroatoms. The lowest BCUT2D eigenvalue weighted by molar-refractivity contribution is -0.113. The van der Waals surface area contributed by atoms with Gasteiger partial charge in [-0.05, 0) is 66.6 Å². The third-order valence-electron chi connectivity index (χ3n) is 5.13. The average Bonchev–Trinajstić information content (AvgIpc) is 3.24. The lowest BCUT2D eigenvalue weighted by atomic mass is 9.94. The smallest absolute Gasteiger partial charge is 0.242 e. The minimum Gasteiger partial charge on any atom is -0.496 e. The first-order valence-corrected chi connectivity index (χ1v) is 9.67. The molecule has 1 amide bonds. The maximum Gasteiger partial charge on any atom is 0.242 e. The van der Waals surface area contributed by atoms with Crippen LogP contribution < -0.4 is 19.9 Å². The molecule has 5 nitrogen and oxygen atoms in total. The second kappa shape index (κ2) is 9.32. The molecule has 2 aromatic carbocycles. The predicted octanol–water partition coefficient (Wildman–Crippen LogP) is 4.59. The summed E-state index contributed by atoms with van der Waals surface area (Å²) in [5.74, 6) is 1.50. The number of nitrogens with two attached hydrogens (primary N) is 1. The molecule has 0 unspecified atom stereocenters. The summed E-state index contributed by atoms with van der Waals surface area (Å²) in [6.07, 6.45) is 8.33. The summed E-state index contributed by atoms with van der Waals surface area (Å²) in [4.78, 5) is 11.8. The van der Waals surface area contributed by atoms with Gasteiger partial charge >= 0.3 is 0 Å². The van der Waals surface area contributed by atoms with Gasteiger partial charge in [0.2, 0.25) is 5.91 Å². The first kappa shape index (κ1) is 20.5. The highest BCUT2D eigenvalue weighted by molar-refractivity contribution is 5.98. The molecule has 1 saturated carbocycles. The van der Waals surface area contributed by atoms with Crippen LogP contribution >= 0.6 is 0 Å². The Labute approximate surface area is 171 Å². The quantitative estimate of drug-likeness (QED) is 0.699. The highest BCUT2D eigenvalue weighted by Crippen LogP contribution is 2.35. The van der Waals surface area contributed by atoms with Gasteiger partial charge in [0.15, 0.2) is 11.5 Å². The number of ether oxygens (including phenoxy) is 3. The highest BCUT2D eigenvalue weighted by atomic mass is 16.5. The van der Waals surface area contributed by atoms with Gasteiger partial charge in [0.25, 0.3) is 0 Å². The van der Waals surface area contributed by atoms with Crippen LogP contribution in [0.2, 0.25) is 0 Å². The number of allylic oxidation sites excluding steroid dienone is 1. The monoisotopic (exact) mass is 393 g/mol. The summed E-state index contributed by atoms with van der Waals surface area (Å²) in [5, 5.41) is 0. The first-order chi connectivity index (χ1) is 14.0. The third kappa shape index (κ3) is 4.80. The minimum atomic E-state index is -0.513. The highest BCUT2D eigenvalue weighted by Gasteiger charge is 2.14. The summed E-state index contributed by atoms with van der Waals surface area (Å²) in [5.41, 5.74) is 10.3. The number of primary amides is 1. The van der Waals surface area contributed by atoms with Crippen molar-refractivity contribution in [2.24, 2.45) is 5.73 Å². The van der Waals surface area contributed by atoms with Crippen molar-refractivity contribution in [1.29, 1.82) is 0 Å². The fraction of sp³-hybridized carbons (Fsp3) is 0.292. The number of benzene rings is 2. The molecular formula is C24H27NO4. The van der Waals surface area contributed by atoms with Crippen molar-refractivity contribution >= 4 is 17.6 Å². The first-order valence-electron chi connectivity index (χ1n) is 9.67. The van der Waals surface area contributed by atoms with Crippen molar-refractivity contribution in [3.63, 3.8) is 0 Å². The van der Waals surface area contributed by atoms with Gasteiger partial charge in [-0.3, -0.25) is 4.79 Å². The van der Waals surface area contributed by atoms with Gasteiger partial charge in [-0.2, -0.15) is 0 Å². The van der Waals surface area contributed by atoms with Gasteiger partial charge in [-0.15, -0.1) is 0 Å². The average molecular weight is 393 g/mol. The molecule has 0 atom stereocenters. The molecule has 1 aliphatic rings. The van der Waals surface area contributed by atoms with Crippen molar-refractivity contribution in [2.75, 3.05) is 21.3 Å². The number of methoxy groups -OCH3 is 3. The van der Waals surface area contributed by atoms with Crippen LogP contribution in [-0.4, -0.2) is 27.2 Å². The molecule has 1 fully saturated rings. The number of carbonyl (C=O) groups excluding carboxylic acids is 1. The molecule has 29 heavy (non-hydrogen) atoms. The van der Waals surface area contributed by atoms with E-state index in [1.54, 1.807) is 21.3 Å². The van der Waals surface area contributed by atoms with E-state index in [2.05, 4.69) is 6.08 Å². The van der Waals surface area contributed by atoms with Gasteiger partial charge in [-0.1, -0.05) is 23.8 Å². The minimum absolute atomic E-state index is 0.513. The Bertz CT molecular complexity index is 951. The van der Waals surface area contributed by atoms with Crippen LogP contribution in [0.3, 0.4) is 0 Å². The van der Waals surface area contributed by atoms with Crippen molar-refractivity contribution in [2.45, 2.75) is 25.7 Å². The van der Waals surface area contributed by atoms with Gasteiger partial charge in [0, 0.05) is 11.6 Å². The Kier molecular flexibility index (Phi) is 6.60. The third-order valence-corrected chi connectivity index (χ3v) is 5.13. The fourth-order valence-electron chi connectivity index (χ4n) is 3.69. The number of amides is 1.